The fraction of sp³-hybridized carbons (Fsp3) is 0.353. The molecule has 1 N–H and O–H groups in total. The van der Waals surface area contributed by atoms with E-state index in [0.29, 0.717) is 11.6 Å². The number of hydrogen-bond acceptors (Lipinski definition) is 1. The molecule has 140 valence electrons. The van der Waals surface area contributed by atoms with Crippen molar-refractivity contribution in [2.45, 2.75) is 39.2 Å². The molecule has 9 heteroatoms. The molecule has 2 heterocycles. The molecule has 0 aliphatic heterocycles. The van der Waals surface area contributed by atoms with Crippen LogP contribution >= 0.6 is 0 Å². The fourth-order valence-corrected chi connectivity index (χ4v) is 3.44. The molecular weight excluding hydrogens is 362 g/mol. The summed E-state index contributed by atoms with van der Waals surface area (Å²) in [7, 11) is 0. The highest BCUT2D eigenvalue weighted by atomic mass is 19.4. The molecule has 0 amide bonds. The Morgan fingerprint density at radius 3 is 2.27 bits per heavy atom. The lowest BCUT2D eigenvalue weighted by Gasteiger charge is -2.13. The molecule has 3 aromatic rings. The first-order valence-corrected chi connectivity index (χ1v) is 7.75. The van der Waals surface area contributed by atoms with E-state index in [9.17, 15) is 31.1 Å². The molecule has 0 saturated carbocycles. The van der Waals surface area contributed by atoms with Crippen LogP contribution in [0.4, 0.5) is 26.3 Å². The number of benzene rings is 1. The molecule has 26 heavy (non-hydrogen) atoms. The third kappa shape index (κ3) is 2.95. The van der Waals surface area contributed by atoms with Crippen molar-refractivity contribution in [3.8, 4) is 0 Å². The predicted molar refractivity (Wildman–Crippen MR) is 85.2 cm³/mol. The van der Waals surface area contributed by atoms with Crippen LogP contribution in [-0.4, -0.2) is 15.7 Å². The average Bonchev–Trinajstić information content (AvgIpc) is 2.75. The Bertz CT molecular complexity index is 1060. The number of aryl methyl sites for hydroxylation is 1. The minimum atomic E-state index is -4.81. The maximum Gasteiger partial charge on any atom is 0.417 e. The first kappa shape index (κ1) is 18.3. The molecule has 3 nitrogen and oxygen atoms in total. The van der Waals surface area contributed by atoms with Crippen molar-refractivity contribution in [2.75, 3.05) is 0 Å². The molecule has 2 aromatic heterocycles. The number of hydrogen-bond donors (Lipinski definition) is 1. The molecule has 3 rings (SSSR count). The van der Waals surface area contributed by atoms with Gasteiger partial charge < -0.3 is 9.55 Å². The Morgan fingerprint density at radius 2 is 1.73 bits per heavy atom. The molecule has 0 spiro atoms. The third-order valence-corrected chi connectivity index (χ3v) is 4.42. The monoisotopic (exact) mass is 376 g/mol. The highest BCUT2D eigenvalue weighted by Crippen LogP contribution is 2.40. The fourth-order valence-electron chi connectivity index (χ4n) is 3.44. The Balaban J connectivity index is 2.54. The summed E-state index contributed by atoms with van der Waals surface area (Å²) in [6.45, 7) is 1.82. The highest BCUT2D eigenvalue weighted by molar-refractivity contribution is 6.09. The van der Waals surface area contributed by atoms with E-state index in [0.717, 1.165) is 4.57 Å². The van der Waals surface area contributed by atoms with Crippen molar-refractivity contribution in [2.24, 2.45) is 0 Å². The molecule has 0 radical (unpaired) electrons. The van der Waals surface area contributed by atoms with Gasteiger partial charge in [-0.15, -0.1) is 0 Å². The van der Waals surface area contributed by atoms with E-state index in [1.807, 2.05) is 0 Å². The zero-order valence-electron chi connectivity index (χ0n) is 13.8. The van der Waals surface area contributed by atoms with Crippen LogP contribution in [0, 0.1) is 6.92 Å². The van der Waals surface area contributed by atoms with Gasteiger partial charge in [0.05, 0.1) is 5.56 Å². The molecule has 0 fully saturated rings. The van der Waals surface area contributed by atoms with Crippen molar-refractivity contribution in [1.29, 1.82) is 0 Å². The van der Waals surface area contributed by atoms with E-state index in [4.69, 9.17) is 0 Å². The Kier molecular flexibility index (Phi) is 4.08. The van der Waals surface area contributed by atoms with Gasteiger partial charge in [0.25, 0.3) is 0 Å². The van der Waals surface area contributed by atoms with Gasteiger partial charge in [0.1, 0.15) is 6.54 Å². The van der Waals surface area contributed by atoms with Gasteiger partial charge >= 0.3 is 12.4 Å². The van der Waals surface area contributed by atoms with Crippen LogP contribution in [0.2, 0.25) is 0 Å². The minimum Gasteiger partial charge on any atom is -0.335 e. The Morgan fingerprint density at radius 1 is 1.08 bits per heavy atom. The number of nitrogens with zero attached hydrogens (tertiary/aromatic N) is 1. The van der Waals surface area contributed by atoms with Gasteiger partial charge in [-0.2, -0.15) is 26.3 Å². The van der Waals surface area contributed by atoms with Gasteiger partial charge in [0, 0.05) is 33.6 Å². The third-order valence-electron chi connectivity index (χ3n) is 4.42. The van der Waals surface area contributed by atoms with E-state index in [1.165, 1.54) is 19.1 Å². The standard InChI is InChI=1S/C17H14F6N2O/c1-3-9-8(2)25(7-16(18,19)20)12-5-4-11-15(14(9)12)10(17(21,22)23)6-13(26)24-11/h4-6H,3,7H2,1-2H3,(H,24,26). The van der Waals surface area contributed by atoms with Crippen LogP contribution in [0.15, 0.2) is 23.0 Å². The lowest BCUT2D eigenvalue weighted by atomic mass is 10.00. The van der Waals surface area contributed by atoms with Gasteiger partial charge in [-0.3, -0.25) is 4.79 Å². The smallest absolute Gasteiger partial charge is 0.335 e. The van der Waals surface area contributed by atoms with Crippen molar-refractivity contribution in [3.05, 3.63) is 45.4 Å². The average molecular weight is 376 g/mol. The van der Waals surface area contributed by atoms with Crippen LogP contribution in [0.3, 0.4) is 0 Å². The van der Waals surface area contributed by atoms with Crippen LogP contribution in [0.25, 0.3) is 21.8 Å². The van der Waals surface area contributed by atoms with Gasteiger partial charge in [0.15, 0.2) is 0 Å². The zero-order chi connectivity index (χ0) is 19.4. The van der Waals surface area contributed by atoms with Crippen LogP contribution in [0.5, 0.6) is 0 Å². The SMILES string of the molecule is CCc1c(C)n(CC(F)(F)F)c2ccc3[nH]c(=O)cc(C(F)(F)F)c3c12. The predicted octanol–water partition coefficient (Wildman–Crippen LogP) is 4.93. The van der Waals surface area contributed by atoms with Gasteiger partial charge in [-0.1, -0.05) is 6.92 Å². The lowest BCUT2D eigenvalue weighted by molar-refractivity contribution is -0.140. The number of aromatic amines is 1. The number of H-pyrrole nitrogens is 1. The lowest BCUT2D eigenvalue weighted by Crippen LogP contribution is -2.18. The molecule has 0 saturated heterocycles. The normalized spacial score (nSPS) is 13.1. The molecule has 0 aliphatic rings. The van der Waals surface area contributed by atoms with Crippen molar-refractivity contribution >= 4 is 21.8 Å². The number of aromatic nitrogens is 2. The summed E-state index contributed by atoms with van der Waals surface area (Å²) in [5, 5.41) is -0.189. The second-order valence-corrected chi connectivity index (χ2v) is 6.05. The van der Waals surface area contributed by atoms with Crippen molar-refractivity contribution < 1.29 is 26.3 Å². The quantitative estimate of drug-likeness (QED) is 0.633. The van der Waals surface area contributed by atoms with Crippen molar-refractivity contribution in [3.63, 3.8) is 0 Å². The van der Waals surface area contributed by atoms with E-state index in [1.54, 1.807) is 6.92 Å². The van der Waals surface area contributed by atoms with Crippen LogP contribution in [0.1, 0.15) is 23.7 Å². The molecular formula is C17H14F6N2O. The topological polar surface area (TPSA) is 37.8 Å². The molecule has 0 aliphatic carbocycles. The van der Waals surface area contributed by atoms with E-state index < -0.39 is 30.0 Å². The summed E-state index contributed by atoms with van der Waals surface area (Å²) in [5.41, 5.74) is -1.42. The first-order valence-electron chi connectivity index (χ1n) is 7.75. The number of pyridine rings is 1. The van der Waals surface area contributed by atoms with Crippen LogP contribution < -0.4 is 5.56 Å². The van der Waals surface area contributed by atoms with Gasteiger partial charge in [-0.05, 0) is 31.0 Å². The maximum absolute atomic E-state index is 13.5. The molecule has 1 aromatic carbocycles. The van der Waals surface area contributed by atoms with Gasteiger partial charge in [-0.25, -0.2) is 0 Å². The summed E-state index contributed by atoms with van der Waals surface area (Å²) >= 11 is 0. The zero-order valence-corrected chi connectivity index (χ0v) is 13.8. The summed E-state index contributed by atoms with van der Waals surface area (Å²) in [4.78, 5) is 13.9. The van der Waals surface area contributed by atoms with E-state index in [2.05, 4.69) is 4.98 Å². The minimum absolute atomic E-state index is 0.0572. The maximum atomic E-state index is 13.5. The first-order chi connectivity index (χ1) is 11.9. The second kappa shape index (κ2) is 5.78. The Labute approximate surface area is 143 Å². The summed E-state index contributed by atoms with van der Waals surface area (Å²) in [6, 6.07) is 2.96. The molecule has 0 unspecified atom stereocenters. The second-order valence-electron chi connectivity index (χ2n) is 6.05. The molecule has 0 bridgehead atoms. The van der Waals surface area contributed by atoms with Crippen molar-refractivity contribution in [1.82, 2.24) is 9.55 Å². The van der Waals surface area contributed by atoms with Crippen LogP contribution in [-0.2, 0) is 19.1 Å². The van der Waals surface area contributed by atoms with E-state index >= 15 is 0 Å². The number of nitrogens with one attached hydrogen (secondary N) is 1. The summed E-state index contributed by atoms with van der Waals surface area (Å²) in [6.07, 6.45) is -9.08. The number of alkyl halides is 6. The Hall–Kier alpha value is -2.45. The number of rotatable bonds is 2. The highest BCUT2D eigenvalue weighted by Gasteiger charge is 2.36. The number of fused-ring (bicyclic) bond motifs is 3. The molecule has 0 atom stereocenters. The summed E-state index contributed by atoms with van der Waals surface area (Å²) < 4.78 is 80.3. The summed E-state index contributed by atoms with van der Waals surface area (Å²) in [5.74, 6) is 0. The number of halogens is 6. The van der Waals surface area contributed by atoms with E-state index in [-0.39, 0.29) is 33.9 Å². The largest absolute Gasteiger partial charge is 0.417 e. The van der Waals surface area contributed by atoms with Gasteiger partial charge in [0.2, 0.25) is 5.56 Å².